The lowest BCUT2D eigenvalue weighted by Gasteiger charge is -2.32. The number of aromatic nitrogens is 2. The Labute approximate surface area is 175 Å². The first kappa shape index (κ1) is 19.9. The van der Waals surface area contributed by atoms with Gasteiger partial charge in [0.2, 0.25) is 0 Å². The van der Waals surface area contributed by atoms with Gasteiger partial charge in [0.1, 0.15) is 5.75 Å². The number of likely N-dealkylation sites (tertiary alicyclic amines) is 1. The number of fused-ring (bicyclic) bond motifs is 1. The molecule has 7 nitrogen and oxygen atoms in total. The van der Waals surface area contributed by atoms with E-state index in [0.717, 1.165) is 40.8 Å². The third kappa shape index (κ3) is 4.45. The maximum atomic E-state index is 12.8. The first-order valence-corrected chi connectivity index (χ1v) is 10.2. The van der Waals surface area contributed by atoms with E-state index in [1.807, 2.05) is 55.1 Å². The molecule has 2 N–H and O–H groups in total. The first-order valence-electron chi connectivity index (χ1n) is 10.2. The van der Waals surface area contributed by atoms with E-state index in [1.165, 1.54) is 0 Å². The van der Waals surface area contributed by atoms with Crippen LogP contribution in [0.25, 0.3) is 11.0 Å². The molecule has 1 aliphatic rings. The van der Waals surface area contributed by atoms with Crippen LogP contribution in [-0.2, 0) is 4.79 Å². The maximum Gasteiger partial charge on any atom is 0.258 e. The summed E-state index contributed by atoms with van der Waals surface area (Å²) in [6, 6.07) is 11.4. The van der Waals surface area contributed by atoms with Gasteiger partial charge in [-0.15, -0.1) is 0 Å². The Morgan fingerprint density at radius 1 is 1.17 bits per heavy atom. The summed E-state index contributed by atoms with van der Waals surface area (Å²) < 4.78 is 5.66. The van der Waals surface area contributed by atoms with Crippen LogP contribution < -0.4 is 10.1 Å². The lowest BCUT2D eigenvalue weighted by molar-refractivity contribution is -0.124. The molecule has 30 heavy (non-hydrogen) atoms. The molecule has 0 atom stereocenters. The molecule has 0 bridgehead atoms. The smallest absolute Gasteiger partial charge is 0.258 e. The Morgan fingerprint density at radius 2 is 1.97 bits per heavy atom. The molecule has 3 aromatic rings. The minimum atomic E-state index is -0.135. The van der Waals surface area contributed by atoms with Crippen LogP contribution in [0, 0.1) is 13.8 Å². The van der Waals surface area contributed by atoms with Gasteiger partial charge in [0, 0.05) is 24.7 Å². The number of carbonyl (C=O) groups excluding carboxylic acids is 2. The number of imidazole rings is 1. The van der Waals surface area contributed by atoms with Gasteiger partial charge in [-0.25, -0.2) is 4.98 Å². The lowest BCUT2D eigenvalue weighted by Crippen LogP contribution is -2.47. The van der Waals surface area contributed by atoms with Crippen molar-refractivity contribution < 1.29 is 14.3 Å². The van der Waals surface area contributed by atoms with Gasteiger partial charge in [-0.2, -0.15) is 0 Å². The second kappa shape index (κ2) is 8.57. The second-order valence-electron chi connectivity index (χ2n) is 7.83. The van der Waals surface area contributed by atoms with Crippen LogP contribution in [0.15, 0.2) is 42.7 Å². The highest BCUT2D eigenvalue weighted by Crippen LogP contribution is 2.19. The van der Waals surface area contributed by atoms with Gasteiger partial charge in [0.05, 0.1) is 17.4 Å². The first-order chi connectivity index (χ1) is 14.5. The van der Waals surface area contributed by atoms with Crippen molar-refractivity contribution in [2.24, 2.45) is 0 Å². The van der Waals surface area contributed by atoms with Gasteiger partial charge in [-0.1, -0.05) is 17.7 Å². The third-order valence-corrected chi connectivity index (χ3v) is 5.50. The fraction of sp³-hybridized carbons (Fsp3) is 0.348. The number of aromatic amines is 1. The molecular weight excluding hydrogens is 380 g/mol. The Morgan fingerprint density at radius 3 is 2.73 bits per heavy atom. The normalized spacial score (nSPS) is 14.7. The van der Waals surface area contributed by atoms with Crippen molar-refractivity contribution in [1.82, 2.24) is 20.2 Å². The maximum absolute atomic E-state index is 12.8. The van der Waals surface area contributed by atoms with Crippen LogP contribution in [0.5, 0.6) is 5.75 Å². The number of nitrogens with zero attached hydrogens (tertiary/aromatic N) is 2. The molecule has 0 spiro atoms. The summed E-state index contributed by atoms with van der Waals surface area (Å²) in [5.74, 6) is 0.601. The van der Waals surface area contributed by atoms with E-state index < -0.39 is 0 Å². The Kier molecular flexibility index (Phi) is 5.70. The van der Waals surface area contributed by atoms with Gasteiger partial charge >= 0.3 is 0 Å². The molecule has 0 unspecified atom stereocenters. The predicted molar refractivity (Wildman–Crippen MR) is 115 cm³/mol. The van der Waals surface area contributed by atoms with Crippen molar-refractivity contribution in [1.29, 1.82) is 0 Å². The van der Waals surface area contributed by atoms with Gasteiger partial charge in [-0.05, 0) is 56.5 Å². The molecule has 4 rings (SSSR count). The number of carbonyl (C=O) groups is 2. The molecule has 1 saturated heterocycles. The number of H-pyrrole nitrogens is 1. The van der Waals surface area contributed by atoms with Gasteiger partial charge in [0.25, 0.3) is 11.8 Å². The molecule has 1 aliphatic heterocycles. The van der Waals surface area contributed by atoms with Crippen LogP contribution >= 0.6 is 0 Å². The minimum Gasteiger partial charge on any atom is -0.484 e. The predicted octanol–water partition coefficient (Wildman–Crippen LogP) is 2.98. The van der Waals surface area contributed by atoms with E-state index in [2.05, 4.69) is 15.3 Å². The van der Waals surface area contributed by atoms with Crippen LogP contribution in [0.4, 0.5) is 0 Å². The van der Waals surface area contributed by atoms with Crippen molar-refractivity contribution in [2.45, 2.75) is 32.7 Å². The van der Waals surface area contributed by atoms with Crippen LogP contribution in [0.1, 0.15) is 34.3 Å². The Bertz CT molecular complexity index is 1070. The summed E-state index contributed by atoms with van der Waals surface area (Å²) in [6.07, 6.45) is 3.08. The summed E-state index contributed by atoms with van der Waals surface area (Å²) in [7, 11) is 0. The average Bonchev–Trinajstić information content (AvgIpc) is 3.21. The Hall–Kier alpha value is -3.35. The molecule has 0 radical (unpaired) electrons. The van der Waals surface area contributed by atoms with Crippen molar-refractivity contribution in [3.05, 3.63) is 59.4 Å². The number of ether oxygens (including phenoxy) is 1. The second-order valence-corrected chi connectivity index (χ2v) is 7.83. The molecule has 2 aromatic carbocycles. The molecule has 156 valence electrons. The van der Waals surface area contributed by atoms with Gasteiger partial charge in [-0.3, -0.25) is 9.59 Å². The van der Waals surface area contributed by atoms with E-state index in [9.17, 15) is 9.59 Å². The molecular formula is C23H26N4O3. The zero-order valence-electron chi connectivity index (χ0n) is 17.3. The van der Waals surface area contributed by atoms with Gasteiger partial charge < -0.3 is 19.9 Å². The fourth-order valence-electron chi connectivity index (χ4n) is 3.85. The molecule has 7 heteroatoms. The fourth-order valence-corrected chi connectivity index (χ4v) is 3.85. The number of piperidine rings is 1. The number of rotatable bonds is 5. The number of benzene rings is 2. The van der Waals surface area contributed by atoms with E-state index >= 15 is 0 Å². The van der Waals surface area contributed by atoms with Crippen LogP contribution in [-0.4, -0.2) is 52.4 Å². The van der Waals surface area contributed by atoms with Crippen LogP contribution in [0.3, 0.4) is 0 Å². The van der Waals surface area contributed by atoms with Crippen molar-refractivity contribution in [3.8, 4) is 5.75 Å². The number of aryl methyl sites for hydroxylation is 2. The molecule has 2 amide bonds. The zero-order valence-corrected chi connectivity index (χ0v) is 17.3. The summed E-state index contributed by atoms with van der Waals surface area (Å²) in [4.78, 5) is 34.1. The minimum absolute atomic E-state index is 0.00670. The van der Waals surface area contributed by atoms with Crippen molar-refractivity contribution >= 4 is 22.8 Å². The standard InChI is InChI=1S/C23H26N4O3/c1-15-3-6-21(16(2)11-15)30-13-22(28)26-18-7-9-27(10-8-18)23(29)17-4-5-19-20(12-17)25-14-24-19/h3-6,11-12,14,18H,7-10,13H2,1-2H3,(H,24,25)(H,26,28). The number of nitrogens with one attached hydrogen (secondary N) is 2. The Balaban J connectivity index is 1.25. The largest absolute Gasteiger partial charge is 0.484 e. The zero-order chi connectivity index (χ0) is 21.1. The molecule has 0 saturated carbocycles. The van der Waals surface area contributed by atoms with Gasteiger partial charge in [0.15, 0.2) is 6.61 Å². The monoisotopic (exact) mass is 406 g/mol. The topological polar surface area (TPSA) is 87.3 Å². The quantitative estimate of drug-likeness (QED) is 0.682. The highest BCUT2D eigenvalue weighted by Gasteiger charge is 2.25. The molecule has 1 fully saturated rings. The van der Waals surface area contributed by atoms with Crippen molar-refractivity contribution in [2.75, 3.05) is 19.7 Å². The highest BCUT2D eigenvalue weighted by atomic mass is 16.5. The summed E-state index contributed by atoms with van der Waals surface area (Å²) in [5, 5.41) is 3.02. The lowest BCUT2D eigenvalue weighted by atomic mass is 10.0. The summed E-state index contributed by atoms with van der Waals surface area (Å²) >= 11 is 0. The third-order valence-electron chi connectivity index (χ3n) is 5.50. The molecule has 2 heterocycles. The van der Waals surface area contributed by atoms with Crippen molar-refractivity contribution in [3.63, 3.8) is 0 Å². The summed E-state index contributed by atoms with van der Waals surface area (Å²) in [5.41, 5.74) is 4.52. The van der Waals surface area contributed by atoms with E-state index in [0.29, 0.717) is 18.7 Å². The highest BCUT2D eigenvalue weighted by molar-refractivity contribution is 5.97. The molecule has 1 aromatic heterocycles. The van der Waals surface area contributed by atoms with Crippen LogP contribution in [0.2, 0.25) is 0 Å². The number of amides is 2. The SMILES string of the molecule is Cc1ccc(OCC(=O)NC2CCN(C(=O)c3ccc4nc[nH]c4c3)CC2)c(C)c1. The van der Waals surface area contributed by atoms with E-state index in [1.54, 1.807) is 6.33 Å². The number of hydrogen-bond donors (Lipinski definition) is 2. The average molecular weight is 406 g/mol. The molecule has 0 aliphatic carbocycles. The van der Waals surface area contributed by atoms with E-state index in [-0.39, 0.29) is 24.5 Å². The summed E-state index contributed by atoms with van der Waals surface area (Å²) in [6.45, 7) is 5.21. The van der Waals surface area contributed by atoms with E-state index in [4.69, 9.17) is 4.74 Å². The number of hydrogen-bond acceptors (Lipinski definition) is 4.